The maximum Gasteiger partial charge on any atom is 0.264 e. The Morgan fingerprint density at radius 2 is 1.86 bits per heavy atom. The third-order valence-electron chi connectivity index (χ3n) is 2.70. The van der Waals surface area contributed by atoms with Crippen LogP contribution in [0.15, 0.2) is 41.3 Å². The Morgan fingerprint density at radius 1 is 1.19 bits per heavy atom. The van der Waals surface area contributed by atoms with E-state index in [0.717, 1.165) is 12.1 Å². The summed E-state index contributed by atoms with van der Waals surface area (Å²) in [5, 5.41) is 0. The minimum atomic E-state index is -4.25. The van der Waals surface area contributed by atoms with Gasteiger partial charge in [-0.25, -0.2) is 17.2 Å². The number of anilines is 1. The van der Waals surface area contributed by atoms with Gasteiger partial charge in [0.1, 0.15) is 4.90 Å². The molecule has 2 aromatic carbocycles. The fraction of sp³-hybridized carbons (Fsp3) is 0.0769. The van der Waals surface area contributed by atoms with Crippen LogP contribution in [-0.4, -0.2) is 8.42 Å². The highest BCUT2D eigenvalue weighted by Crippen LogP contribution is 2.25. The lowest BCUT2D eigenvalue weighted by Gasteiger charge is -2.11. The van der Waals surface area contributed by atoms with Gasteiger partial charge in [0, 0.05) is 10.1 Å². The van der Waals surface area contributed by atoms with Crippen molar-refractivity contribution in [1.29, 1.82) is 0 Å². The van der Waals surface area contributed by atoms with Crippen LogP contribution < -0.4 is 10.5 Å². The van der Waals surface area contributed by atoms with Gasteiger partial charge in [-0.2, -0.15) is 0 Å². The summed E-state index contributed by atoms with van der Waals surface area (Å²) in [6.45, 7) is -0.0947. The zero-order chi connectivity index (χ0) is 15.6. The summed E-state index contributed by atoms with van der Waals surface area (Å²) in [7, 11) is -4.25. The van der Waals surface area contributed by atoms with Crippen molar-refractivity contribution >= 4 is 38.3 Å². The van der Waals surface area contributed by atoms with Crippen molar-refractivity contribution in [2.75, 3.05) is 4.72 Å². The Bertz CT molecular complexity index is 782. The zero-order valence-electron chi connectivity index (χ0n) is 10.6. The Kier molecular flexibility index (Phi) is 4.79. The summed E-state index contributed by atoms with van der Waals surface area (Å²) in [5.41, 5.74) is 5.83. The number of rotatable bonds is 4. The summed E-state index contributed by atoms with van der Waals surface area (Å²) >= 11 is 1.93. The first kappa shape index (κ1) is 16.1. The lowest BCUT2D eigenvalue weighted by Crippen LogP contribution is -2.17. The predicted molar refractivity (Wildman–Crippen MR) is 84.2 cm³/mol. The number of benzene rings is 2. The standard InChI is InChI=1S/C13H11F2IN2O2S/c14-9-5-8(7-17)6-12(13(9)15)21(19,20)18-11-4-2-1-3-10(11)16/h1-6,18H,7,17H2. The number of sulfonamides is 1. The average Bonchev–Trinajstić information content (AvgIpc) is 2.43. The van der Waals surface area contributed by atoms with Crippen molar-refractivity contribution in [2.24, 2.45) is 5.73 Å². The quantitative estimate of drug-likeness (QED) is 0.742. The van der Waals surface area contributed by atoms with Gasteiger partial charge in [-0.1, -0.05) is 12.1 Å². The normalized spacial score (nSPS) is 11.4. The van der Waals surface area contributed by atoms with E-state index >= 15 is 0 Å². The van der Waals surface area contributed by atoms with Crippen LogP contribution in [0.2, 0.25) is 0 Å². The molecule has 0 aliphatic heterocycles. The molecule has 0 atom stereocenters. The van der Waals surface area contributed by atoms with Crippen molar-refractivity contribution in [3.63, 3.8) is 0 Å². The first-order valence-corrected chi connectivity index (χ1v) is 8.36. The van der Waals surface area contributed by atoms with Gasteiger partial charge in [0.2, 0.25) is 0 Å². The molecule has 0 saturated heterocycles. The highest BCUT2D eigenvalue weighted by atomic mass is 127. The molecular weight excluding hydrogens is 413 g/mol. The first-order chi connectivity index (χ1) is 9.85. The monoisotopic (exact) mass is 424 g/mol. The Balaban J connectivity index is 2.50. The van der Waals surface area contributed by atoms with Crippen LogP contribution in [0.1, 0.15) is 5.56 Å². The number of hydrogen-bond donors (Lipinski definition) is 2. The van der Waals surface area contributed by atoms with E-state index in [2.05, 4.69) is 4.72 Å². The number of nitrogens with one attached hydrogen (secondary N) is 1. The van der Waals surface area contributed by atoms with E-state index in [4.69, 9.17) is 5.73 Å². The minimum Gasteiger partial charge on any atom is -0.326 e. The summed E-state index contributed by atoms with van der Waals surface area (Å²) in [6.07, 6.45) is 0. The SMILES string of the molecule is NCc1cc(F)c(F)c(S(=O)(=O)Nc2ccccc2I)c1. The van der Waals surface area contributed by atoms with E-state index < -0.39 is 26.6 Å². The van der Waals surface area contributed by atoms with Gasteiger partial charge in [-0.3, -0.25) is 4.72 Å². The topological polar surface area (TPSA) is 72.2 Å². The molecule has 3 N–H and O–H groups in total. The molecular formula is C13H11F2IN2O2S. The second kappa shape index (κ2) is 6.24. The zero-order valence-corrected chi connectivity index (χ0v) is 13.6. The van der Waals surface area contributed by atoms with Crippen LogP contribution in [0.25, 0.3) is 0 Å². The van der Waals surface area contributed by atoms with Gasteiger partial charge in [0.05, 0.1) is 5.69 Å². The molecule has 4 nitrogen and oxygen atoms in total. The van der Waals surface area contributed by atoms with Gasteiger partial charge in [0.15, 0.2) is 11.6 Å². The molecule has 0 bridgehead atoms. The lowest BCUT2D eigenvalue weighted by molar-refractivity contribution is 0.483. The molecule has 2 rings (SSSR count). The van der Waals surface area contributed by atoms with Crippen LogP contribution in [0.3, 0.4) is 0 Å². The molecule has 112 valence electrons. The van der Waals surface area contributed by atoms with E-state index in [9.17, 15) is 17.2 Å². The van der Waals surface area contributed by atoms with E-state index in [-0.39, 0.29) is 17.8 Å². The van der Waals surface area contributed by atoms with Crippen molar-refractivity contribution in [2.45, 2.75) is 11.4 Å². The average molecular weight is 424 g/mol. The maximum atomic E-state index is 13.8. The van der Waals surface area contributed by atoms with Crippen LogP contribution >= 0.6 is 22.6 Å². The molecule has 0 unspecified atom stereocenters. The molecule has 0 aliphatic rings. The van der Waals surface area contributed by atoms with Gasteiger partial charge >= 0.3 is 0 Å². The number of hydrogen-bond acceptors (Lipinski definition) is 3. The van der Waals surface area contributed by atoms with Gasteiger partial charge in [-0.05, 0) is 52.4 Å². The highest BCUT2D eigenvalue weighted by Gasteiger charge is 2.23. The fourth-order valence-corrected chi connectivity index (χ4v) is 3.60. The summed E-state index contributed by atoms with van der Waals surface area (Å²) in [5.74, 6) is -2.67. The molecule has 0 aromatic heterocycles. The van der Waals surface area contributed by atoms with Crippen molar-refractivity contribution in [1.82, 2.24) is 0 Å². The fourth-order valence-electron chi connectivity index (χ4n) is 1.67. The molecule has 0 saturated carbocycles. The molecule has 0 aliphatic carbocycles. The first-order valence-electron chi connectivity index (χ1n) is 5.80. The predicted octanol–water partition coefficient (Wildman–Crippen LogP) is 2.83. The molecule has 8 heteroatoms. The van der Waals surface area contributed by atoms with Crippen LogP contribution in [0, 0.1) is 15.2 Å². The van der Waals surface area contributed by atoms with Crippen molar-refractivity contribution in [3.8, 4) is 0 Å². The van der Waals surface area contributed by atoms with E-state index in [0.29, 0.717) is 3.57 Å². The van der Waals surface area contributed by atoms with Crippen LogP contribution in [-0.2, 0) is 16.6 Å². The minimum absolute atomic E-state index is 0.0947. The lowest BCUT2D eigenvalue weighted by atomic mass is 10.2. The molecule has 0 radical (unpaired) electrons. The van der Waals surface area contributed by atoms with Crippen LogP contribution in [0.4, 0.5) is 14.5 Å². The van der Waals surface area contributed by atoms with Crippen LogP contribution in [0.5, 0.6) is 0 Å². The molecule has 0 fully saturated rings. The highest BCUT2D eigenvalue weighted by molar-refractivity contribution is 14.1. The molecule has 0 spiro atoms. The Hall–Kier alpha value is -1.26. The Labute approximate surface area is 134 Å². The van der Waals surface area contributed by atoms with E-state index in [1.807, 2.05) is 22.6 Å². The molecule has 21 heavy (non-hydrogen) atoms. The Morgan fingerprint density at radius 3 is 2.48 bits per heavy atom. The second-order valence-electron chi connectivity index (χ2n) is 4.18. The summed E-state index contributed by atoms with van der Waals surface area (Å²) < 4.78 is 54.6. The summed E-state index contributed by atoms with van der Waals surface area (Å²) in [4.78, 5) is -0.761. The molecule has 0 heterocycles. The van der Waals surface area contributed by atoms with Crippen molar-refractivity contribution in [3.05, 3.63) is 57.2 Å². The second-order valence-corrected chi connectivity index (χ2v) is 6.99. The van der Waals surface area contributed by atoms with Crippen molar-refractivity contribution < 1.29 is 17.2 Å². The third-order valence-corrected chi connectivity index (χ3v) is 5.00. The smallest absolute Gasteiger partial charge is 0.264 e. The number of nitrogens with two attached hydrogens (primary N) is 1. The van der Waals surface area contributed by atoms with E-state index in [1.54, 1.807) is 18.2 Å². The molecule has 0 amide bonds. The number of halogens is 3. The van der Waals surface area contributed by atoms with Gasteiger partial charge in [0.25, 0.3) is 10.0 Å². The maximum absolute atomic E-state index is 13.8. The van der Waals surface area contributed by atoms with Gasteiger partial charge in [-0.15, -0.1) is 0 Å². The van der Waals surface area contributed by atoms with E-state index in [1.165, 1.54) is 6.07 Å². The third kappa shape index (κ3) is 3.50. The van der Waals surface area contributed by atoms with Gasteiger partial charge < -0.3 is 5.73 Å². The number of para-hydroxylation sites is 1. The molecule has 2 aromatic rings. The largest absolute Gasteiger partial charge is 0.326 e. The summed E-state index contributed by atoms with van der Waals surface area (Å²) in [6, 6.07) is 8.48.